The first kappa shape index (κ1) is 14.5. The van der Waals surface area contributed by atoms with Gasteiger partial charge in [-0.25, -0.2) is 8.78 Å². The lowest BCUT2D eigenvalue weighted by molar-refractivity contribution is -0.115. The van der Waals surface area contributed by atoms with E-state index in [1.165, 1.54) is 0 Å². The van der Waals surface area contributed by atoms with E-state index in [0.717, 1.165) is 16.1 Å². The molecule has 0 saturated carbocycles. The number of benzene rings is 2. The summed E-state index contributed by atoms with van der Waals surface area (Å²) in [6, 6.07) is 8.90. The summed E-state index contributed by atoms with van der Waals surface area (Å²) in [5.74, 6) is -2.13. The van der Waals surface area contributed by atoms with Crippen LogP contribution >= 0.6 is 15.9 Å². The van der Waals surface area contributed by atoms with Gasteiger partial charge in [0.15, 0.2) is 0 Å². The van der Waals surface area contributed by atoms with Gasteiger partial charge in [-0.2, -0.15) is 0 Å². The number of carbonyl (C=O) groups excluding carboxylic acids is 1. The van der Waals surface area contributed by atoms with Gasteiger partial charge in [-0.15, -0.1) is 0 Å². The molecule has 104 valence electrons. The number of nitrogens with two attached hydrogens (primary N) is 1. The van der Waals surface area contributed by atoms with Crippen LogP contribution in [0, 0.1) is 11.6 Å². The summed E-state index contributed by atoms with van der Waals surface area (Å²) in [6.45, 7) is 0. The molecule has 6 heteroatoms. The van der Waals surface area contributed by atoms with Crippen molar-refractivity contribution in [3.8, 4) is 0 Å². The third-order valence-electron chi connectivity index (χ3n) is 2.61. The predicted octanol–water partition coefficient (Wildman–Crippen LogP) is 3.49. The van der Waals surface area contributed by atoms with Crippen molar-refractivity contribution in [2.45, 2.75) is 6.42 Å². The molecule has 0 fully saturated rings. The van der Waals surface area contributed by atoms with Crippen LogP contribution in [0.25, 0.3) is 0 Å². The molecule has 0 bridgehead atoms. The molecule has 0 aromatic heterocycles. The molecule has 2 aromatic carbocycles. The van der Waals surface area contributed by atoms with Crippen molar-refractivity contribution in [1.82, 2.24) is 0 Å². The summed E-state index contributed by atoms with van der Waals surface area (Å²) in [4.78, 5) is 11.8. The van der Waals surface area contributed by atoms with Crippen LogP contribution in [-0.4, -0.2) is 5.91 Å². The highest BCUT2D eigenvalue weighted by Gasteiger charge is 2.11. The minimum atomic E-state index is -0.862. The number of hydrogen-bond acceptors (Lipinski definition) is 2. The normalized spacial score (nSPS) is 10.3. The SMILES string of the molecule is Nc1cc(NC(=O)Cc2cccc(Br)c2)c(F)cc1F. The van der Waals surface area contributed by atoms with Crippen molar-refractivity contribution in [2.24, 2.45) is 0 Å². The zero-order valence-corrected chi connectivity index (χ0v) is 11.9. The molecular weight excluding hydrogens is 330 g/mol. The highest BCUT2D eigenvalue weighted by molar-refractivity contribution is 9.10. The quantitative estimate of drug-likeness (QED) is 0.840. The Morgan fingerprint density at radius 2 is 1.95 bits per heavy atom. The average molecular weight is 341 g/mol. The fraction of sp³-hybridized carbons (Fsp3) is 0.0714. The second kappa shape index (κ2) is 6.00. The molecule has 0 atom stereocenters. The van der Waals surface area contributed by atoms with E-state index in [1.54, 1.807) is 18.2 Å². The van der Waals surface area contributed by atoms with Crippen LogP contribution in [0.15, 0.2) is 40.9 Å². The van der Waals surface area contributed by atoms with Crippen LogP contribution < -0.4 is 11.1 Å². The summed E-state index contributed by atoms with van der Waals surface area (Å²) in [7, 11) is 0. The number of rotatable bonds is 3. The lowest BCUT2D eigenvalue weighted by atomic mass is 10.1. The van der Waals surface area contributed by atoms with Crippen LogP contribution in [0.1, 0.15) is 5.56 Å². The van der Waals surface area contributed by atoms with Gasteiger partial charge < -0.3 is 11.1 Å². The summed E-state index contributed by atoms with van der Waals surface area (Å²) in [6.07, 6.45) is 0.0795. The zero-order valence-electron chi connectivity index (χ0n) is 10.3. The molecule has 0 radical (unpaired) electrons. The monoisotopic (exact) mass is 340 g/mol. The summed E-state index contributed by atoms with van der Waals surface area (Å²) in [5.41, 5.74) is 5.76. The number of nitrogens with one attached hydrogen (secondary N) is 1. The Kier molecular flexibility index (Phi) is 4.34. The molecular formula is C14H11BrF2N2O. The van der Waals surface area contributed by atoms with Gasteiger partial charge in [0.05, 0.1) is 17.8 Å². The number of amides is 1. The predicted molar refractivity (Wildman–Crippen MR) is 77.2 cm³/mol. The second-order valence-electron chi connectivity index (χ2n) is 4.21. The maximum Gasteiger partial charge on any atom is 0.228 e. The van der Waals surface area contributed by atoms with E-state index in [1.807, 2.05) is 6.07 Å². The summed E-state index contributed by atoms with van der Waals surface area (Å²) >= 11 is 3.30. The molecule has 2 rings (SSSR count). The highest BCUT2D eigenvalue weighted by atomic mass is 79.9. The third-order valence-corrected chi connectivity index (χ3v) is 3.11. The zero-order chi connectivity index (χ0) is 14.7. The molecule has 3 nitrogen and oxygen atoms in total. The van der Waals surface area contributed by atoms with Gasteiger partial charge in [0, 0.05) is 10.5 Å². The fourth-order valence-corrected chi connectivity index (χ4v) is 2.13. The van der Waals surface area contributed by atoms with Gasteiger partial charge in [-0.1, -0.05) is 28.1 Å². The molecule has 0 unspecified atom stereocenters. The van der Waals surface area contributed by atoms with Crippen LogP contribution in [0.4, 0.5) is 20.2 Å². The summed E-state index contributed by atoms with van der Waals surface area (Å²) in [5, 5.41) is 2.37. The Morgan fingerprint density at radius 3 is 2.65 bits per heavy atom. The largest absolute Gasteiger partial charge is 0.396 e. The number of anilines is 2. The molecule has 3 N–H and O–H groups in total. The Balaban J connectivity index is 2.10. The van der Waals surface area contributed by atoms with E-state index >= 15 is 0 Å². The van der Waals surface area contributed by atoms with Crippen molar-refractivity contribution in [2.75, 3.05) is 11.1 Å². The van der Waals surface area contributed by atoms with Crippen LogP contribution in [-0.2, 0) is 11.2 Å². The number of carbonyl (C=O) groups is 1. The van der Waals surface area contributed by atoms with Crippen LogP contribution in [0.2, 0.25) is 0 Å². The first-order chi connectivity index (χ1) is 9.45. The minimum Gasteiger partial charge on any atom is -0.396 e. The van der Waals surface area contributed by atoms with E-state index in [2.05, 4.69) is 21.2 Å². The number of nitrogen functional groups attached to an aromatic ring is 1. The van der Waals surface area contributed by atoms with Crippen molar-refractivity contribution in [3.05, 3.63) is 58.1 Å². The molecule has 2 aromatic rings. The summed E-state index contributed by atoms with van der Waals surface area (Å²) < 4.78 is 27.3. The Hall–Kier alpha value is -1.95. The van der Waals surface area contributed by atoms with Crippen molar-refractivity contribution < 1.29 is 13.6 Å². The second-order valence-corrected chi connectivity index (χ2v) is 5.12. The van der Waals surface area contributed by atoms with Gasteiger partial charge in [0.25, 0.3) is 0 Å². The number of hydrogen-bond donors (Lipinski definition) is 2. The van der Waals surface area contributed by atoms with Crippen LogP contribution in [0.5, 0.6) is 0 Å². The topological polar surface area (TPSA) is 55.1 Å². The fourth-order valence-electron chi connectivity index (χ4n) is 1.69. The van der Waals surface area contributed by atoms with Gasteiger partial charge in [-0.05, 0) is 23.8 Å². The van der Waals surface area contributed by atoms with Gasteiger partial charge in [0.2, 0.25) is 5.91 Å². The molecule has 0 saturated heterocycles. The first-order valence-corrected chi connectivity index (χ1v) is 6.54. The Bertz CT molecular complexity index is 662. The van der Waals surface area contributed by atoms with Crippen molar-refractivity contribution in [1.29, 1.82) is 0 Å². The maximum absolute atomic E-state index is 13.5. The smallest absolute Gasteiger partial charge is 0.228 e. The Morgan fingerprint density at radius 1 is 1.20 bits per heavy atom. The van der Waals surface area contributed by atoms with Gasteiger partial charge >= 0.3 is 0 Å². The molecule has 0 heterocycles. The molecule has 0 aliphatic rings. The highest BCUT2D eigenvalue weighted by Crippen LogP contribution is 2.21. The lowest BCUT2D eigenvalue weighted by Gasteiger charge is -2.08. The maximum atomic E-state index is 13.5. The third kappa shape index (κ3) is 3.54. The minimum absolute atomic E-state index is 0.0795. The molecule has 1 amide bonds. The molecule has 0 spiro atoms. The molecule has 0 aliphatic heterocycles. The molecule has 0 aliphatic carbocycles. The van der Waals surface area contributed by atoms with Crippen molar-refractivity contribution >= 4 is 33.2 Å². The standard InChI is InChI=1S/C14H11BrF2N2O/c15-9-3-1-2-8(4-9)5-14(20)19-13-7-12(18)10(16)6-11(13)17/h1-4,6-7H,5,18H2,(H,19,20). The van der Waals surface area contributed by atoms with E-state index in [4.69, 9.17) is 5.73 Å². The van der Waals surface area contributed by atoms with Crippen molar-refractivity contribution in [3.63, 3.8) is 0 Å². The average Bonchev–Trinajstić information content (AvgIpc) is 2.36. The van der Waals surface area contributed by atoms with E-state index in [0.29, 0.717) is 6.07 Å². The van der Waals surface area contributed by atoms with Crippen LogP contribution in [0.3, 0.4) is 0 Å². The van der Waals surface area contributed by atoms with E-state index < -0.39 is 17.5 Å². The van der Waals surface area contributed by atoms with E-state index in [-0.39, 0.29) is 17.8 Å². The Labute approximate surface area is 122 Å². The van der Waals surface area contributed by atoms with Gasteiger partial charge in [-0.3, -0.25) is 4.79 Å². The first-order valence-electron chi connectivity index (χ1n) is 5.74. The van der Waals surface area contributed by atoms with Gasteiger partial charge in [0.1, 0.15) is 11.6 Å². The lowest BCUT2D eigenvalue weighted by Crippen LogP contribution is -2.15. The molecule has 20 heavy (non-hydrogen) atoms. The number of halogens is 3. The van der Waals surface area contributed by atoms with E-state index in [9.17, 15) is 13.6 Å².